The van der Waals surface area contributed by atoms with Crippen molar-refractivity contribution >= 4 is 29.5 Å². The van der Waals surface area contributed by atoms with Gasteiger partial charge in [0.05, 0.1) is 0 Å². The quantitative estimate of drug-likeness (QED) is 0.621. The summed E-state index contributed by atoms with van der Waals surface area (Å²) in [5.41, 5.74) is 0.888. The molecule has 1 atom stereocenters. The second-order valence-electron chi connectivity index (χ2n) is 6.59. The van der Waals surface area contributed by atoms with E-state index in [4.69, 9.17) is 4.74 Å². The molecule has 0 aromatic heterocycles. The van der Waals surface area contributed by atoms with Crippen LogP contribution < -0.4 is 10.2 Å². The number of ether oxygens (including phenoxy) is 1. The third-order valence-corrected chi connectivity index (χ3v) is 4.88. The van der Waals surface area contributed by atoms with Gasteiger partial charge < -0.3 is 15.0 Å². The molecule has 2 aliphatic heterocycles. The number of nitrogens with one attached hydrogen (secondary N) is 1. The molecule has 0 aliphatic carbocycles. The average Bonchev–Trinajstić information content (AvgIpc) is 3.15. The summed E-state index contributed by atoms with van der Waals surface area (Å²) in [7, 11) is 0. The number of hydrogen-bond acceptors (Lipinski definition) is 5. The van der Waals surface area contributed by atoms with Crippen molar-refractivity contribution in [2.75, 3.05) is 24.6 Å². The van der Waals surface area contributed by atoms with E-state index < -0.39 is 36.6 Å². The van der Waals surface area contributed by atoms with Crippen molar-refractivity contribution in [3.8, 4) is 0 Å². The minimum absolute atomic E-state index is 0.334. The molecule has 1 fully saturated rings. The summed E-state index contributed by atoms with van der Waals surface area (Å²) in [6.45, 7) is 2.98. The maximum atomic E-state index is 12.3. The summed E-state index contributed by atoms with van der Waals surface area (Å²) >= 11 is 0. The molecule has 1 aromatic rings. The lowest BCUT2D eigenvalue weighted by Gasteiger charge is -2.19. The first-order valence-electron chi connectivity index (χ1n) is 8.53. The van der Waals surface area contributed by atoms with Crippen LogP contribution in [0.1, 0.15) is 25.8 Å². The van der Waals surface area contributed by atoms with Gasteiger partial charge in [-0.2, -0.15) is 0 Å². The Bertz CT molecular complexity index is 778. The Labute approximate surface area is 151 Å². The zero-order valence-corrected chi connectivity index (χ0v) is 14.8. The van der Waals surface area contributed by atoms with Gasteiger partial charge >= 0.3 is 12.0 Å². The molecule has 0 bridgehead atoms. The highest BCUT2D eigenvalue weighted by Crippen LogP contribution is 2.27. The van der Waals surface area contributed by atoms with Gasteiger partial charge in [-0.05, 0) is 31.4 Å². The van der Waals surface area contributed by atoms with Crippen LogP contribution >= 0.6 is 0 Å². The zero-order chi connectivity index (χ0) is 18.9. The summed E-state index contributed by atoms with van der Waals surface area (Å²) < 4.78 is 4.99. The minimum atomic E-state index is -1.01. The van der Waals surface area contributed by atoms with Gasteiger partial charge in [0.2, 0.25) is 0 Å². The number of para-hydroxylation sites is 1. The molecule has 138 valence electrons. The number of anilines is 1. The van der Waals surface area contributed by atoms with Crippen molar-refractivity contribution in [1.82, 2.24) is 10.2 Å². The number of benzene rings is 1. The van der Waals surface area contributed by atoms with Crippen molar-refractivity contribution in [2.24, 2.45) is 0 Å². The predicted octanol–water partition coefficient (Wildman–Crippen LogP) is 0.839. The molecule has 2 aliphatic rings. The first-order chi connectivity index (χ1) is 12.4. The summed E-state index contributed by atoms with van der Waals surface area (Å²) in [4.78, 5) is 50.8. The van der Waals surface area contributed by atoms with Gasteiger partial charge in [-0.25, -0.2) is 4.79 Å². The fourth-order valence-electron chi connectivity index (χ4n) is 3.12. The Morgan fingerprint density at radius 3 is 2.69 bits per heavy atom. The molecule has 1 N–H and O–H groups in total. The lowest BCUT2D eigenvalue weighted by Crippen LogP contribution is -2.43. The second-order valence-corrected chi connectivity index (χ2v) is 6.59. The Hall–Kier alpha value is -2.90. The first-order valence-corrected chi connectivity index (χ1v) is 8.53. The monoisotopic (exact) mass is 359 g/mol. The van der Waals surface area contributed by atoms with Crippen molar-refractivity contribution in [1.29, 1.82) is 0 Å². The van der Waals surface area contributed by atoms with E-state index in [1.807, 2.05) is 24.3 Å². The fraction of sp³-hybridized carbons (Fsp3) is 0.444. The summed E-state index contributed by atoms with van der Waals surface area (Å²) in [5.74, 6) is -1.60. The predicted molar refractivity (Wildman–Crippen MR) is 92.4 cm³/mol. The summed E-state index contributed by atoms with van der Waals surface area (Å²) in [6, 6.07) is 6.93. The topological polar surface area (TPSA) is 96.0 Å². The van der Waals surface area contributed by atoms with Gasteiger partial charge in [0.25, 0.3) is 11.8 Å². The normalized spacial score (nSPS) is 21.6. The minimum Gasteiger partial charge on any atom is -0.454 e. The average molecular weight is 359 g/mol. The number of amides is 4. The van der Waals surface area contributed by atoms with E-state index in [0.717, 1.165) is 22.6 Å². The number of nitrogens with zero attached hydrogens (tertiary/aromatic N) is 2. The molecule has 8 nitrogen and oxygen atoms in total. The Morgan fingerprint density at radius 2 is 2.00 bits per heavy atom. The zero-order valence-electron chi connectivity index (χ0n) is 14.8. The Balaban J connectivity index is 1.54. The van der Waals surface area contributed by atoms with Crippen LogP contribution in [0.15, 0.2) is 24.3 Å². The van der Waals surface area contributed by atoms with Crippen LogP contribution in [0.5, 0.6) is 0 Å². The van der Waals surface area contributed by atoms with Crippen molar-refractivity contribution in [3.05, 3.63) is 29.8 Å². The van der Waals surface area contributed by atoms with E-state index in [2.05, 4.69) is 5.32 Å². The molecule has 1 saturated heterocycles. The number of hydrogen-bond donors (Lipinski definition) is 1. The lowest BCUT2D eigenvalue weighted by molar-refractivity contribution is -0.150. The molecule has 26 heavy (non-hydrogen) atoms. The highest BCUT2D eigenvalue weighted by molar-refractivity contribution is 6.08. The molecule has 4 amide bonds. The Morgan fingerprint density at radius 1 is 1.27 bits per heavy atom. The third-order valence-electron chi connectivity index (χ3n) is 4.88. The number of esters is 1. The van der Waals surface area contributed by atoms with Crippen LogP contribution in [-0.4, -0.2) is 54.0 Å². The van der Waals surface area contributed by atoms with Gasteiger partial charge in [-0.1, -0.05) is 25.1 Å². The number of carbonyl (C=O) groups is 4. The fourth-order valence-corrected chi connectivity index (χ4v) is 3.12. The highest BCUT2D eigenvalue weighted by Gasteiger charge is 2.47. The molecular weight excluding hydrogens is 338 g/mol. The number of urea groups is 1. The molecule has 0 radical (unpaired) electrons. The van der Waals surface area contributed by atoms with Gasteiger partial charge in [0.15, 0.2) is 6.61 Å². The molecule has 0 spiro atoms. The smallest absolute Gasteiger partial charge is 0.326 e. The largest absolute Gasteiger partial charge is 0.454 e. The maximum absolute atomic E-state index is 12.3. The van der Waals surface area contributed by atoms with Gasteiger partial charge in [-0.3, -0.25) is 19.3 Å². The Kier molecular flexibility index (Phi) is 4.67. The van der Waals surface area contributed by atoms with Crippen molar-refractivity contribution in [2.45, 2.75) is 32.2 Å². The number of imide groups is 1. The number of carbonyl (C=O) groups excluding carboxylic acids is 4. The van der Waals surface area contributed by atoms with Gasteiger partial charge in [0.1, 0.15) is 12.1 Å². The van der Waals surface area contributed by atoms with E-state index >= 15 is 0 Å². The van der Waals surface area contributed by atoms with Crippen LogP contribution in [0, 0.1) is 0 Å². The summed E-state index contributed by atoms with van der Waals surface area (Å²) in [5, 5.41) is 2.56. The number of rotatable bonds is 5. The van der Waals surface area contributed by atoms with Crippen molar-refractivity contribution < 1.29 is 23.9 Å². The van der Waals surface area contributed by atoms with E-state index in [-0.39, 0.29) is 5.91 Å². The van der Waals surface area contributed by atoms with Crippen LogP contribution in [0.2, 0.25) is 0 Å². The van der Waals surface area contributed by atoms with Gasteiger partial charge in [-0.15, -0.1) is 0 Å². The maximum Gasteiger partial charge on any atom is 0.326 e. The van der Waals surface area contributed by atoms with E-state index in [9.17, 15) is 19.2 Å². The summed E-state index contributed by atoms with van der Waals surface area (Å²) in [6.07, 6.45) is 1.17. The molecule has 2 heterocycles. The lowest BCUT2D eigenvalue weighted by atomic mass is 9.99. The number of fused-ring (bicyclic) bond motifs is 1. The van der Waals surface area contributed by atoms with Crippen LogP contribution in [0.4, 0.5) is 10.5 Å². The van der Waals surface area contributed by atoms with Crippen LogP contribution in [0.3, 0.4) is 0 Å². The molecule has 8 heteroatoms. The SMILES string of the molecule is CC[C@]1(C)NC(=O)N(CC(=O)OCC(=O)N2CCc3ccccc32)C1=O. The standard InChI is InChI=1S/C18H21N3O5/c1-3-18(2)16(24)21(17(25)19-18)10-15(23)26-11-14(22)20-9-8-12-6-4-5-7-13(12)20/h4-7H,3,8-11H2,1-2H3,(H,19,25)/t18-/m0/s1. The van der Waals surface area contributed by atoms with Crippen molar-refractivity contribution in [3.63, 3.8) is 0 Å². The third kappa shape index (κ3) is 3.14. The van der Waals surface area contributed by atoms with Crippen LogP contribution in [-0.2, 0) is 25.5 Å². The molecule has 0 saturated carbocycles. The molecule has 1 aromatic carbocycles. The molecule has 0 unspecified atom stereocenters. The molecule has 3 rings (SSSR count). The van der Waals surface area contributed by atoms with E-state index in [0.29, 0.717) is 13.0 Å². The van der Waals surface area contributed by atoms with E-state index in [1.165, 1.54) is 0 Å². The van der Waals surface area contributed by atoms with E-state index in [1.54, 1.807) is 18.7 Å². The highest BCUT2D eigenvalue weighted by atomic mass is 16.5. The second kappa shape index (κ2) is 6.78. The van der Waals surface area contributed by atoms with Gasteiger partial charge in [0, 0.05) is 12.2 Å². The van der Waals surface area contributed by atoms with Crippen LogP contribution in [0.25, 0.3) is 0 Å². The first kappa shape index (κ1) is 17.9. The molecular formula is C18H21N3O5.